The average Bonchev–Trinajstić information content (AvgIpc) is 1.99. The highest BCUT2D eigenvalue weighted by molar-refractivity contribution is 6.18. The highest BCUT2D eigenvalue weighted by Crippen LogP contribution is 2.07. The predicted molar refractivity (Wildman–Crippen MR) is 55.6 cm³/mol. The minimum Gasteiger partial charge on any atom is -0.444 e. The van der Waals surface area contributed by atoms with Crippen LogP contribution in [0.5, 0.6) is 0 Å². The molecule has 0 aromatic carbocycles. The summed E-state index contributed by atoms with van der Waals surface area (Å²) in [6, 6.07) is -0.414. The number of halogens is 1. The molecular weight excluding hydrogens is 206 g/mol. The Hall–Kier alpha value is -0.480. The molecule has 0 saturated heterocycles. The van der Waals surface area contributed by atoms with Crippen LogP contribution < -0.4 is 5.32 Å². The fourth-order valence-corrected chi connectivity index (χ4v) is 0.991. The first-order chi connectivity index (χ1) is 6.26. The van der Waals surface area contributed by atoms with Crippen molar-refractivity contribution in [1.29, 1.82) is 0 Å². The summed E-state index contributed by atoms with van der Waals surface area (Å²) >= 11 is 5.42. The van der Waals surface area contributed by atoms with Crippen LogP contribution in [0.1, 0.15) is 27.7 Å². The van der Waals surface area contributed by atoms with Crippen molar-refractivity contribution in [2.75, 3.05) is 5.88 Å². The van der Waals surface area contributed by atoms with Gasteiger partial charge < -0.3 is 15.2 Å². The molecule has 0 bridgehead atoms. The Kier molecular flexibility index (Phi) is 5.23. The molecule has 4 nitrogen and oxygen atoms in total. The quantitative estimate of drug-likeness (QED) is 0.713. The number of aliphatic hydroxyl groups is 1. The maximum atomic E-state index is 11.2. The summed E-state index contributed by atoms with van der Waals surface area (Å²) in [6.07, 6.45) is -1.31. The summed E-state index contributed by atoms with van der Waals surface area (Å²) in [7, 11) is 0. The first-order valence-electron chi connectivity index (χ1n) is 4.50. The van der Waals surface area contributed by atoms with E-state index in [0.29, 0.717) is 0 Å². The van der Waals surface area contributed by atoms with E-state index in [1.165, 1.54) is 0 Å². The number of alkyl halides is 1. The third-order valence-electron chi connectivity index (χ3n) is 1.48. The van der Waals surface area contributed by atoms with Gasteiger partial charge in [-0.25, -0.2) is 4.79 Å². The van der Waals surface area contributed by atoms with Crippen LogP contribution in [-0.4, -0.2) is 34.8 Å². The van der Waals surface area contributed by atoms with Crippen LogP contribution in [0.2, 0.25) is 0 Å². The van der Waals surface area contributed by atoms with E-state index in [1.54, 1.807) is 27.7 Å². The second-order valence-corrected chi connectivity index (χ2v) is 4.47. The summed E-state index contributed by atoms with van der Waals surface area (Å²) in [5.41, 5.74) is -0.532. The number of carbonyl (C=O) groups is 1. The van der Waals surface area contributed by atoms with Gasteiger partial charge in [-0.3, -0.25) is 0 Å². The number of rotatable bonds is 3. The van der Waals surface area contributed by atoms with E-state index in [1.807, 2.05) is 0 Å². The van der Waals surface area contributed by atoms with Gasteiger partial charge in [0, 0.05) is 0 Å². The van der Waals surface area contributed by atoms with E-state index >= 15 is 0 Å². The lowest BCUT2D eigenvalue weighted by molar-refractivity contribution is 0.0452. The fourth-order valence-electron chi connectivity index (χ4n) is 0.723. The van der Waals surface area contributed by atoms with E-state index in [0.717, 1.165) is 0 Å². The van der Waals surface area contributed by atoms with Crippen molar-refractivity contribution < 1.29 is 14.6 Å². The van der Waals surface area contributed by atoms with Gasteiger partial charge in [-0.1, -0.05) is 0 Å². The standard InChI is InChI=1S/C9H18ClNO3/c1-6(7(12)5-10)11-8(13)14-9(2,3)4/h6-7,12H,5H2,1-4H3,(H,11,13)/t6-,7?/m0/s1. The lowest BCUT2D eigenvalue weighted by atomic mass is 10.2. The summed E-state index contributed by atoms with van der Waals surface area (Å²) in [4.78, 5) is 11.2. The zero-order chi connectivity index (χ0) is 11.4. The van der Waals surface area contributed by atoms with Crippen molar-refractivity contribution in [3.8, 4) is 0 Å². The van der Waals surface area contributed by atoms with E-state index in [4.69, 9.17) is 16.3 Å². The monoisotopic (exact) mass is 223 g/mol. The minimum atomic E-state index is -0.760. The van der Waals surface area contributed by atoms with Crippen LogP contribution in [0.4, 0.5) is 4.79 Å². The van der Waals surface area contributed by atoms with Gasteiger partial charge in [0.2, 0.25) is 0 Å². The Balaban J connectivity index is 3.95. The number of amides is 1. The fraction of sp³-hybridized carbons (Fsp3) is 0.889. The predicted octanol–water partition coefficient (Wildman–Crippen LogP) is 1.50. The first kappa shape index (κ1) is 13.5. The Bertz CT molecular complexity index is 191. The van der Waals surface area contributed by atoms with E-state index in [9.17, 15) is 9.90 Å². The molecular formula is C9H18ClNO3. The van der Waals surface area contributed by atoms with Crippen molar-refractivity contribution in [2.24, 2.45) is 0 Å². The molecule has 2 atom stereocenters. The number of hydrogen-bond donors (Lipinski definition) is 2. The number of aliphatic hydroxyl groups excluding tert-OH is 1. The summed E-state index contributed by atoms with van der Waals surface area (Å²) < 4.78 is 5.00. The molecule has 0 aliphatic carbocycles. The molecule has 0 radical (unpaired) electrons. The molecule has 2 N–H and O–H groups in total. The Labute approximate surface area is 89.6 Å². The number of nitrogens with one attached hydrogen (secondary N) is 1. The molecule has 0 aliphatic rings. The molecule has 1 unspecified atom stereocenters. The number of hydrogen-bond acceptors (Lipinski definition) is 3. The van der Waals surface area contributed by atoms with Crippen LogP contribution in [0.15, 0.2) is 0 Å². The number of carbonyl (C=O) groups excluding carboxylic acids is 1. The molecule has 0 heterocycles. The average molecular weight is 224 g/mol. The van der Waals surface area contributed by atoms with Gasteiger partial charge in [0.1, 0.15) is 5.60 Å². The zero-order valence-electron chi connectivity index (χ0n) is 9.00. The van der Waals surface area contributed by atoms with E-state index < -0.39 is 23.8 Å². The maximum absolute atomic E-state index is 11.2. The normalized spacial score (nSPS) is 15.9. The summed E-state index contributed by atoms with van der Waals surface area (Å²) in [5.74, 6) is 0.0803. The third kappa shape index (κ3) is 6.05. The van der Waals surface area contributed by atoms with Crippen LogP contribution in [0.3, 0.4) is 0 Å². The van der Waals surface area contributed by atoms with Crippen LogP contribution in [0.25, 0.3) is 0 Å². The lowest BCUT2D eigenvalue weighted by Gasteiger charge is -2.23. The minimum absolute atomic E-state index is 0.0803. The van der Waals surface area contributed by atoms with Crippen LogP contribution in [-0.2, 0) is 4.74 Å². The van der Waals surface area contributed by atoms with Crippen molar-refractivity contribution in [1.82, 2.24) is 5.32 Å². The molecule has 5 heteroatoms. The molecule has 0 saturated carbocycles. The smallest absolute Gasteiger partial charge is 0.407 e. The molecule has 0 fully saturated rings. The first-order valence-corrected chi connectivity index (χ1v) is 5.03. The van der Waals surface area contributed by atoms with Gasteiger partial charge in [-0.05, 0) is 27.7 Å². The molecule has 0 aromatic rings. The Morgan fingerprint density at radius 2 is 2.07 bits per heavy atom. The van der Waals surface area contributed by atoms with Crippen molar-refractivity contribution >= 4 is 17.7 Å². The third-order valence-corrected chi connectivity index (χ3v) is 1.80. The molecule has 14 heavy (non-hydrogen) atoms. The van der Waals surface area contributed by atoms with Gasteiger partial charge in [0.25, 0.3) is 0 Å². The number of ether oxygens (including phenoxy) is 1. The highest BCUT2D eigenvalue weighted by Gasteiger charge is 2.20. The van der Waals surface area contributed by atoms with Gasteiger partial charge in [0.15, 0.2) is 0 Å². The molecule has 84 valence electrons. The van der Waals surface area contributed by atoms with Crippen LogP contribution in [0, 0.1) is 0 Å². The van der Waals surface area contributed by atoms with Crippen LogP contribution >= 0.6 is 11.6 Å². The van der Waals surface area contributed by atoms with Crippen molar-refractivity contribution in [2.45, 2.75) is 45.4 Å². The molecule has 1 amide bonds. The van der Waals surface area contributed by atoms with Crippen molar-refractivity contribution in [3.05, 3.63) is 0 Å². The largest absolute Gasteiger partial charge is 0.444 e. The second-order valence-electron chi connectivity index (χ2n) is 4.16. The molecule has 0 aliphatic heterocycles. The summed E-state index contributed by atoms with van der Waals surface area (Å²) in [5, 5.41) is 11.8. The van der Waals surface area contributed by atoms with E-state index in [-0.39, 0.29) is 5.88 Å². The topological polar surface area (TPSA) is 58.6 Å². The second kappa shape index (κ2) is 5.41. The zero-order valence-corrected chi connectivity index (χ0v) is 9.76. The van der Waals surface area contributed by atoms with E-state index in [2.05, 4.69) is 5.32 Å². The Morgan fingerprint density at radius 3 is 2.43 bits per heavy atom. The molecule has 0 rings (SSSR count). The van der Waals surface area contributed by atoms with Gasteiger partial charge in [-0.2, -0.15) is 0 Å². The number of alkyl carbamates (subject to hydrolysis) is 1. The highest BCUT2D eigenvalue weighted by atomic mass is 35.5. The maximum Gasteiger partial charge on any atom is 0.407 e. The SMILES string of the molecule is C[C@H](NC(=O)OC(C)(C)C)C(O)CCl. The molecule has 0 spiro atoms. The lowest BCUT2D eigenvalue weighted by Crippen LogP contribution is -2.44. The Morgan fingerprint density at radius 1 is 1.57 bits per heavy atom. The summed E-state index contributed by atoms with van der Waals surface area (Å²) in [6.45, 7) is 6.98. The van der Waals surface area contributed by atoms with Gasteiger partial charge in [-0.15, -0.1) is 11.6 Å². The van der Waals surface area contributed by atoms with Gasteiger partial charge in [0.05, 0.1) is 18.0 Å². The van der Waals surface area contributed by atoms with Gasteiger partial charge >= 0.3 is 6.09 Å². The molecule has 0 aromatic heterocycles. The van der Waals surface area contributed by atoms with Crippen molar-refractivity contribution in [3.63, 3.8) is 0 Å².